The predicted molar refractivity (Wildman–Crippen MR) is 217 cm³/mol. The van der Waals surface area contributed by atoms with Gasteiger partial charge >= 0.3 is 72.4 Å². The van der Waals surface area contributed by atoms with Gasteiger partial charge in [-0.25, -0.2) is 57.5 Å². The van der Waals surface area contributed by atoms with Crippen LogP contribution in [0.1, 0.15) is 6.42 Å². The van der Waals surface area contributed by atoms with E-state index in [1.165, 1.54) is 118 Å². The Labute approximate surface area is 407 Å². The van der Waals surface area contributed by atoms with Crippen LogP contribution in [0, 0.1) is 0 Å². The Hall–Kier alpha value is -8.76. The van der Waals surface area contributed by atoms with Crippen LogP contribution in [0.15, 0.2) is 0 Å². The molecule has 0 atom stereocenters. The van der Waals surface area contributed by atoms with E-state index in [2.05, 4.69) is 0 Å². The molecule has 0 aliphatic carbocycles. The number of amides is 24. The fourth-order valence-electron chi connectivity index (χ4n) is 16.2. The second-order valence-electron chi connectivity index (χ2n) is 21.7. The first-order valence-corrected chi connectivity index (χ1v) is 24.1. The number of carbonyl (C=O) groups excluding carboxylic acids is 12. The average molecular weight is 1010 g/mol. The zero-order chi connectivity index (χ0) is 48.9. The molecule has 2 bridgehead atoms. The van der Waals surface area contributed by atoms with Gasteiger partial charge in [0.25, 0.3) is 0 Å². The lowest BCUT2D eigenvalue weighted by Gasteiger charge is -2.60. The summed E-state index contributed by atoms with van der Waals surface area (Å²) in [4.78, 5) is 214. The van der Waals surface area contributed by atoms with E-state index in [1.54, 1.807) is 0 Å². The highest BCUT2D eigenvalue weighted by atomic mass is 16.3. The number of rotatable bonds is 0. The molecule has 18 aliphatic rings. The second kappa shape index (κ2) is 11.1. The third-order valence-corrected chi connectivity index (χ3v) is 19.1. The third-order valence-electron chi connectivity index (χ3n) is 19.1. The maximum absolute atomic E-state index is 15.3. The molecular formula is C37H38N24O12. The summed E-state index contributed by atoms with van der Waals surface area (Å²) in [5, 5.41) is 0. The van der Waals surface area contributed by atoms with E-state index in [0.29, 0.717) is 0 Å². The fourth-order valence-corrected chi connectivity index (χ4v) is 16.2. The molecule has 36 nitrogen and oxygen atoms in total. The smallest absolute Gasteiger partial charge is 0.286 e. The van der Waals surface area contributed by atoms with E-state index in [9.17, 15) is 0 Å². The van der Waals surface area contributed by atoms with Crippen molar-refractivity contribution in [1.29, 1.82) is 0 Å². The van der Waals surface area contributed by atoms with Crippen LogP contribution >= 0.6 is 0 Å². The van der Waals surface area contributed by atoms with Crippen molar-refractivity contribution in [3.05, 3.63) is 0 Å². The monoisotopic (exact) mass is 1010 g/mol. The van der Waals surface area contributed by atoms with E-state index in [-0.39, 0.29) is 6.42 Å². The number of nitrogens with zero attached hydrogens (tertiary/aromatic N) is 24. The maximum atomic E-state index is 15.3. The zero-order valence-corrected chi connectivity index (χ0v) is 37.8. The van der Waals surface area contributed by atoms with Crippen LogP contribution in [-0.2, 0) is 0 Å². The number of carbonyl (C=O) groups is 12. The topological polar surface area (TPSA) is 283 Å². The van der Waals surface area contributed by atoms with Crippen molar-refractivity contribution in [2.45, 2.75) is 80.4 Å². The minimum absolute atomic E-state index is 0.0437. The minimum Gasteiger partial charge on any atom is -0.286 e. The number of urea groups is 12. The van der Waals surface area contributed by atoms with Gasteiger partial charge in [-0.1, -0.05) is 0 Å². The molecule has 73 heavy (non-hydrogen) atoms. The van der Waals surface area contributed by atoms with Crippen molar-refractivity contribution < 1.29 is 57.5 Å². The molecule has 0 aromatic carbocycles. The summed E-state index contributed by atoms with van der Waals surface area (Å²) in [6.07, 6.45) is -13.6. The summed E-state index contributed by atoms with van der Waals surface area (Å²) in [6.45, 7) is -5.41. The Bertz CT molecular complexity index is 2620. The van der Waals surface area contributed by atoms with E-state index in [1.807, 2.05) is 0 Å². The largest absolute Gasteiger partial charge is 0.326 e. The van der Waals surface area contributed by atoms with Crippen molar-refractivity contribution >= 4 is 72.4 Å². The van der Waals surface area contributed by atoms with Crippen LogP contribution < -0.4 is 0 Å². The van der Waals surface area contributed by atoms with Gasteiger partial charge in [0.05, 0.1) is 0 Å². The lowest BCUT2D eigenvalue weighted by molar-refractivity contribution is -0.134. The Balaban J connectivity index is 0.833. The third kappa shape index (κ3) is 3.64. The highest BCUT2D eigenvalue weighted by Gasteiger charge is 2.75. The molecule has 0 aromatic heterocycles. The number of hydrogen-bond donors (Lipinski definition) is 0. The maximum Gasteiger partial charge on any atom is 0.326 e. The van der Waals surface area contributed by atoms with Gasteiger partial charge < -0.3 is 0 Å². The Morgan fingerprint density at radius 1 is 0.164 bits per heavy atom. The summed E-state index contributed by atoms with van der Waals surface area (Å²) < 4.78 is 0. The standard InChI is InChI=1S/C37H38N24O12/c62-26-38-2-42-16-18-46(28(42)64)6-50-20-22-54(32(50)68)10-58-24-25-60(36(58)72)12-56-23-21-52(34(56)70)8-48-19-17-44(30(48)66)4-40(26)15-1-14(38)39-3-43(16)29(65)47(18)7-51(20)33(69)55(22)11-59(24)37(73)61(25)13-57(23)35(71)53(21)9-49(19)31(67)45(17)5-41(15)27(39)63/h14-25H,1-13H2. The molecule has 0 N–H and O–H groups in total. The van der Waals surface area contributed by atoms with Crippen molar-refractivity contribution in [1.82, 2.24) is 118 Å². The molecule has 0 saturated carbocycles. The first-order chi connectivity index (χ1) is 35.2. The fraction of sp³-hybridized carbons (Fsp3) is 0.676. The van der Waals surface area contributed by atoms with Crippen LogP contribution in [0.3, 0.4) is 0 Å². The molecular weight excluding hydrogens is 973 g/mol. The molecule has 24 amide bonds. The van der Waals surface area contributed by atoms with Gasteiger partial charge in [-0.2, -0.15) is 0 Å². The highest BCUT2D eigenvalue weighted by Crippen LogP contribution is 2.51. The second-order valence-corrected chi connectivity index (χ2v) is 21.7. The van der Waals surface area contributed by atoms with Gasteiger partial charge in [0.15, 0.2) is 61.7 Å². The Morgan fingerprint density at radius 3 is 0.384 bits per heavy atom. The summed E-state index contributed by atoms with van der Waals surface area (Å²) in [6, 6.07) is -7.82. The highest BCUT2D eigenvalue weighted by molar-refractivity contribution is 5.94. The molecule has 18 saturated heterocycles. The van der Waals surface area contributed by atoms with Crippen LogP contribution in [0.4, 0.5) is 57.5 Å². The van der Waals surface area contributed by atoms with Crippen molar-refractivity contribution in [3.8, 4) is 0 Å². The Morgan fingerprint density at radius 2 is 0.260 bits per heavy atom. The molecule has 18 rings (SSSR count). The summed E-state index contributed by atoms with van der Waals surface area (Å²) >= 11 is 0. The van der Waals surface area contributed by atoms with Crippen LogP contribution in [0.2, 0.25) is 0 Å². The lowest BCUT2D eigenvalue weighted by Crippen LogP contribution is -2.79. The molecule has 0 spiro atoms. The van der Waals surface area contributed by atoms with Crippen molar-refractivity contribution in [2.24, 2.45) is 0 Å². The van der Waals surface area contributed by atoms with Crippen molar-refractivity contribution in [3.63, 3.8) is 0 Å². The summed E-state index contributed by atoms with van der Waals surface area (Å²) in [5.74, 6) is 0. The summed E-state index contributed by atoms with van der Waals surface area (Å²) in [5.41, 5.74) is 0. The van der Waals surface area contributed by atoms with Crippen molar-refractivity contribution in [2.75, 3.05) is 80.0 Å². The quantitative estimate of drug-likeness (QED) is 0.220. The predicted octanol–water partition coefficient (Wildman–Crippen LogP) is -5.27. The lowest BCUT2D eigenvalue weighted by atomic mass is 10.1. The zero-order valence-electron chi connectivity index (χ0n) is 37.8. The SMILES string of the molecule is O=C1N2CN3C(=O)N4CN5C(=O)N6CN7C(=O)N8CN9C(=O)N%10CN%11C(=O)N%12CN1C1CC2N2CN%13C(=O)N(CN%14C(=O)N(CN%15C(=O)N(CN%16C(=O)N(CN%17C(=O)N(CN1C2=O)C%12C%11%17)C%10C9%16)C8C7%15)C6C5%14)C4C3%13. The van der Waals surface area contributed by atoms with E-state index in [0.717, 1.165) is 0 Å². The van der Waals surface area contributed by atoms with E-state index < -0.39 is 226 Å². The molecule has 36 heteroatoms. The molecule has 18 fully saturated rings. The van der Waals surface area contributed by atoms with Crippen LogP contribution in [0.25, 0.3) is 0 Å². The van der Waals surface area contributed by atoms with Gasteiger partial charge in [0.1, 0.15) is 92.4 Å². The molecule has 378 valence electrons. The molecule has 0 unspecified atom stereocenters. The average Bonchev–Trinajstić information content (AvgIpc) is 4.21. The molecule has 0 aromatic rings. The first kappa shape index (κ1) is 38.0. The Kier molecular flexibility index (Phi) is 5.80. The molecule has 18 aliphatic heterocycles. The normalized spacial score (nSPS) is 40.1. The van der Waals surface area contributed by atoms with Crippen LogP contribution in [0.5, 0.6) is 0 Å². The van der Waals surface area contributed by atoms with E-state index in [4.69, 9.17) is 0 Å². The van der Waals surface area contributed by atoms with Crippen LogP contribution in [-0.4, -0.2) is 344 Å². The van der Waals surface area contributed by atoms with Gasteiger partial charge in [-0.15, -0.1) is 0 Å². The molecule has 18 heterocycles. The number of hydrogen-bond acceptors (Lipinski definition) is 12. The van der Waals surface area contributed by atoms with Gasteiger partial charge in [0.2, 0.25) is 0 Å². The van der Waals surface area contributed by atoms with Gasteiger partial charge in [-0.05, 0) is 0 Å². The molecule has 0 radical (unpaired) electrons. The minimum atomic E-state index is -1.16. The summed E-state index contributed by atoms with van der Waals surface area (Å²) in [7, 11) is 0. The van der Waals surface area contributed by atoms with Gasteiger partial charge in [0, 0.05) is 6.42 Å². The van der Waals surface area contributed by atoms with Gasteiger partial charge in [-0.3, -0.25) is 118 Å². The first-order valence-electron chi connectivity index (χ1n) is 24.1. The van der Waals surface area contributed by atoms with E-state index >= 15 is 57.5 Å².